The minimum atomic E-state index is 0.484. The van der Waals surface area contributed by atoms with Crippen molar-refractivity contribution in [3.63, 3.8) is 0 Å². The van der Waals surface area contributed by atoms with Gasteiger partial charge in [-0.25, -0.2) is 0 Å². The van der Waals surface area contributed by atoms with Gasteiger partial charge in [0.1, 0.15) is 0 Å². The fourth-order valence-electron chi connectivity index (χ4n) is 4.24. The van der Waals surface area contributed by atoms with Crippen molar-refractivity contribution in [3.05, 3.63) is 0 Å². The van der Waals surface area contributed by atoms with Gasteiger partial charge in [0.05, 0.1) is 6.61 Å². The van der Waals surface area contributed by atoms with Crippen molar-refractivity contribution < 1.29 is 4.74 Å². The topological polar surface area (TPSA) is 24.5 Å². The first-order chi connectivity index (χ1) is 9.39. The molecule has 3 nitrogen and oxygen atoms in total. The van der Waals surface area contributed by atoms with Crippen LogP contribution in [-0.4, -0.2) is 49.3 Å². The molecule has 3 rings (SSSR count). The summed E-state index contributed by atoms with van der Waals surface area (Å²) in [6.07, 6.45) is 12.5. The molecule has 0 aromatic carbocycles. The highest BCUT2D eigenvalue weighted by Crippen LogP contribution is 2.36. The predicted octanol–water partition coefficient (Wildman–Crippen LogP) is 2.55. The summed E-state index contributed by atoms with van der Waals surface area (Å²) >= 11 is 0. The number of piperidine rings is 1. The molecule has 2 saturated heterocycles. The maximum absolute atomic E-state index is 5.60. The van der Waals surface area contributed by atoms with Gasteiger partial charge in [-0.05, 0) is 51.6 Å². The molecule has 0 aromatic heterocycles. The van der Waals surface area contributed by atoms with Crippen LogP contribution < -0.4 is 5.32 Å². The van der Waals surface area contributed by atoms with Crippen LogP contribution in [0.3, 0.4) is 0 Å². The summed E-state index contributed by atoms with van der Waals surface area (Å²) in [5.74, 6) is 0. The Hall–Kier alpha value is -0.120. The van der Waals surface area contributed by atoms with Crippen molar-refractivity contribution in [2.75, 3.05) is 32.8 Å². The molecule has 110 valence electrons. The normalized spacial score (nSPS) is 32.5. The molecule has 3 aliphatic rings. The summed E-state index contributed by atoms with van der Waals surface area (Å²) in [5.41, 5.74) is 0.484. The Labute approximate surface area is 118 Å². The van der Waals surface area contributed by atoms with Crippen molar-refractivity contribution in [2.45, 2.75) is 69.4 Å². The number of likely N-dealkylation sites (tertiary alicyclic amines) is 1. The highest BCUT2D eigenvalue weighted by Gasteiger charge is 2.39. The van der Waals surface area contributed by atoms with Crippen molar-refractivity contribution >= 4 is 0 Å². The van der Waals surface area contributed by atoms with Crippen molar-refractivity contribution in [1.29, 1.82) is 0 Å². The molecule has 1 aliphatic carbocycles. The van der Waals surface area contributed by atoms with Gasteiger partial charge in [0.25, 0.3) is 0 Å². The van der Waals surface area contributed by atoms with Gasteiger partial charge in [0.2, 0.25) is 0 Å². The number of nitrogens with one attached hydrogen (secondary N) is 1. The quantitative estimate of drug-likeness (QED) is 0.846. The van der Waals surface area contributed by atoms with Crippen LogP contribution in [0.15, 0.2) is 0 Å². The van der Waals surface area contributed by atoms with Gasteiger partial charge in [-0.1, -0.05) is 19.3 Å². The third kappa shape index (κ3) is 3.32. The molecular weight excluding hydrogens is 236 g/mol. The molecule has 0 spiro atoms. The lowest BCUT2D eigenvalue weighted by molar-refractivity contribution is 0.0434. The molecule has 19 heavy (non-hydrogen) atoms. The second-order valence-electron chi connectivity index (χ2n) is 6.77. The summed E-state index contributed by atoms with van der Waals surface area (Å²) in [5, 5.41) is 3.83. The summed E-state index contributed by atoms with van der Waals surface area (Å²) in [6, 6.07) is 0.607. The molecule has 1 N–H and O–H groups in total. The molecule has 1 atom stereocenters. The molecular formula is C16H30N2O. The molecule has 3 heteroatoms. The summed E-state index contributed by atoms with van der Waals surface area (Å²) in [4.78, 5) is 2.82. The van der Waals surface area contributed by atoms with Crippen LogP contribution in [0.4, 0.5) is 0 Å². The smallest absolute Gasteiger partial charge is 0.0619 e. The average molecular weight is 266 g/mol. The van der Waals surface area contributed by atoms with Gasteiger partial charge < -0.3 is 10.1 Å². The van der Waals surface area contributed by atoms with E-state index in [0.29, 0.717) is 11.6 Å². The van der Waals surface area contributed by atoms with Gasteiger partial charge in [-0.15, -0.1) is 0 Å². The Kier molecular flexibility index (Phi) is 4.78. The van der Waals surface area contributed by atoms with E-state index in [0.717, 1.165) is 13.2 Å². The molecule has 0 radical (unpaired) electrons. The minimum absolute atomic E-state index is 0.484. The Morgan fingerprint density at radius 1 is 1.00 bits per heavy atom. The van der Waals surface area contributed by atoms with E-state index < -0.39 is 0 Å². The SMILES string of the molecule is C1CCN(C2(CNC3CCCOC3)CCCC2)CC1. The number of nitrogens with zero attached hydrogens (tertiary/aromatic N) is 1. The minimum Gasteiger partial charge on any atom is -0.380 e. The third-order valence-electron chi connectivity index (χ3n) is 5.44. The van der Waals surface area contributed by atoms with Crippen LogP contribution in [0, 0.1) is 0 Å². The van der Waals surface area contributed by atoms with Crippen LogP contribution >= 0.6 is 0 Å². The molecule has 3 fully saturated rings. The van der Waals surface area contributed by atoms with Gasteiger partial charge >= 0.3 is 0 Å². The van der Waals surface area contributed by atoms with Crippen LogP contribution in [-0.2, 0) is 4.74 Å². The van der Waals surface area contributed by atoms with E-state index in [1.807, 2.05) is 0 Å². The zero-order valence-corrected chi connectivity index (χ0v) is 12.3. The van der Waals surface area contributed by atoms with Crippen LogP contribution in [0.25, 0.3) is 0 Å². The third-order valence-corrected chi connectivity index (χ3v) is 5.44. The molecule has 0 amide bonds. The summed E-state index contributed by atoms with van der Waals surface area (Å²) < 4.78 is 5.60. The number of hydrogen-bond acceptors (Lipinski definition) is 3. The second kappa shape index (κ2) is 6.55. The molecule has 0 bridgehead atoms. The summed E-state index contributed by atoms with van der Waals surface area (Å²) in [7, 11) is 0. The average Bonchev–Trinajstić information content (AvgIpc) is 2.97. The van der Waals surface area contributed by atoms with Crippen molar-refractivity contribution in [2.24, 2.45) is 0 Å². The number of rotatable bonds is 4. The van der Waals surface area contributed by atoms with E-state index in [9.17, 15) is 0 Å². The molecule has 0 aromatic rings. The highest BCUT2D eigenvalue weighted by molar-refractivity contribution is 4.98. The van der Waals surface area contributed by atoms with E-state index >= 15 is 0 Å². The van der Waals surface area contributed by atoms with E-state index in [-0.39, 0.29) is 0 Å². The van der Waals surface area contributed by atoms with Crippen LogP contribution in [0.5, 0.6) is 0 Å². The maximum atomic E-state index is 5.60. The fourth-order valence-corrected chi connectivity index (χ4v) is 4.24. The first kappa shape index (κ1) is 13.8. The standard InChI is InChI=1S/C16H30N2O/c1-4-10-18(11-5-1)16(8-2-3-9-16)14-17-15-7-6-12-19-13-15/h15,17H,1-14H2. The van der Waals surface area contributed by atoms with Crippen molar-refractivity contribution in [3.8, 4) is 0 Å². The lowest BCUT2D eigenvalue weighted by Crippen LogP contribution is -2.56. The zero-order chi connectivity index (χ0) is 13.0. The number of ether oxygens (including phenoxy) is 1. The maximum Gasteiger partial charge on any atom is 0.0619 e. The Morgan fingerprint density at radius 3 is 2.47 bits per heavy atom. The van der Waals surface area contributed by atoms with Gasteiger partial charge in [-0.3, -0.25) is 4.90 Å². The lowest BCUT2D eigenvalue weighted by atomic mass is 9.91. The van der Waals surface area contributed by atoms with E-state index in [1.54, 1.807) is 0 Å². The summed E-state index contributed by atoms with van der Waals surface area (Å²) in [6.45, 7) is 5.76. The number of hydrogen-bond donors (Lipinski definition) is 1. The predicted molar refractivity (Wildman–Crippen MR) is 78.5 cm³/mol. The zero-order valence-electron chi connectivity index (χ0n) is 12.3. The Balaban J connectivity index is 1.56. The highest BCUT2D eigenvalue weighted by atomic mass is 16.5. The molecule has 2 aliphatic heterocycles. The van der Waals surface area contributed by atoms with Gasteiger partial charge in [0.15, 0.2) is 0 Å². The van der Waals surface area contributed by atoms with E-state index in [2.05, 4.69) is 10.2 Å². The van der Waals surface area contributed by atoms with E-state index in [4.69, 9.17) is 4.74 Å². The fraction of sp³-hybridized carbons (Fsp3) is 1.00. The van der Waals surface area contributed by atoms with E-state index in [1.165, 1.54) is 77.4 Å². The second-order valence-corrected chi connectivity index (χ2v) is 6.77. The van der Waals surface area contributed by atoms with Crippen LogP contribution in [0.2, 0.25) is 0 Å². The Bertz CT molecular complexity index is 264. The lowest BCUT2D eigenvalue weighted by Gasteiger charge is -2.44. The molecule has 1 unspecified atom stereocenters. The first-order valence-corrected chi connectivity index (χ1v) is 8.45. The molecule has 1 saturated carbocycles. The Morgan fingerprint density at radius 2 is 1.79 bits per heavy atom. The van der Waals surface area contributed by atoms with Gasteiger partial charge in [-0.2, -0.15) is 0 Å². The van der Waals surface area contributed by atoms with Crippen LogP contribution in [0.1, 0.15) is 57.8 Å². The van der Waals surface area contributed by atoms with Crippen molar-refractivity contribution in [1.82, 2.24) is 10.2 Å². The largest absolute Gasteiger partial charge is 0.380 e. The van der Waals surface area contributed by atoms with Gasteiger partial charge in [0, 0.05) is 24.7 Å². The monoisotopic (exact) mass is 266 g/mol. The molecule has 2 heterocycles. The first-order valence-electron chi connectivity index (χ1n) is 8.45.